The van der Waals surface area contributed by atoms with E-state index in [2.05, 4.69) is 31.2 Å². The van der Waals surface area contributed by atoms with Crippen molar-refractivity contribution in [1.29, 1.82) is 0 Å². The highest BCUT2D eigenvalue weighted by Gasteiger charge is 2.26. The summed E-state index contributed by atoms with van der Waals surface area (Å²) < 4.78 is 1.87. The second-order valence-electron chi connectivity index (χ2n) is 6.60. The standard InChI is InChI=1S/C17H29N3O/c1-4-5-6-14-7-9-15(10-8-14)17(21)19-16-11-12-18-20(16)13(2)3/h11-15H,4-10H2,1-3H3,(H,19,21). The molecule has 0 bridgehead atoms. The zero-order valence-electron chi connectivity index (χ0n) is 13.6. The average Bonchev–Trinajstić information content (AvgIpc) is 2.94. The van der Waals surface area contributed by atoms with Crippen LogP contribution in [0.1, 0.15) is 71.8 Å². The van der Waals surface area contributed by atoms with Crippen molar-refractivity contribution in [1.82, 2.24) is 9.78 Å². The maximum absolute atomic E-state index is 12.4. The van der Waals surface area contributed by atoms with Gasteiger partial charge in [-0.1, -0.05) is 26.2 Å². The lowest BCUT2D eigenvalue weighted by atomic mass is 9.79. The Kier molecular flexibility index (Phi) is 5.83. The van der Waals surface area contributed by atoms with E-state index in [4.69, 9.17) is 0 Å². The maximum Gasteiger partial charge on any atom is 0.228 e. The summed E-state index contributed by atoms with van der Waals surface area (Å²) in [6.07, 6.45) is 10.2. The van der Waals surface area contributed by atoms with E-state index in [9.17, 15) is 4.79 Å². The molecule has 1 saturated carbocycles. The Bertz CT molecular complexity index is 445. The topological polar surface area (TPSA) is 46.9 Å². The van der Waals surface area contributed by atoms with Crippen LogP contribution in [-0.2, 0) is 4.79 Å². The van der Waals surface area contributed by atoms with Crippen LogP contribution in [0, 0.1) is 11.8 Å². The van der Waals surface area contributed by atoms with Gasteiger partial charge in [0.25, 0.3) is 0 Å². The van der Waals surface area contributed by atoms with Crippen molar-refractivity contribution in [3.05, 3.63) is 12.3 Å². The predicted molar refractivity (Wildman–Crippen MR) is 86.2 cm³/mol. The van der Waals surface area contributed by atoms with Gasteiger partial charge >= 0.3 is 0 Å². The molecule has 1 amide bonds. The number of aromatic nitrogens is 2. The second-order valence-corrected chi connectivity index (χ2v) is 6.60. The van der Waals surface area contributed by atoms with Gasteiger partial charge in [-0.25, -0.2) is 4.68 Å². The van der Waals surface area contributed by atoms with Gasteiger partial charge in [0, 0.05) is 18.0 Å². The molecule has 4 nitrogen and oxygen atoms in total. The van der Waals surface area contributed by atoms with Crippen LogP contribution >= 0.6 is 0 Å². The number of unbranched alkanes of at least 4 members (excludes halogenated alkanes) is 1. The fourth-order valence-electron chi connectivity index (χ4n) is 3.26. The normalized spacial score (nSPS) is 22.5. The molecule has 1 heterocycles. The summed E-state index contributed by atoms with van der Waals surface area (Å²) in [6.45, 7) is 6.39. The molecule has 0 unspecified atom stereocenters. The SMILES string of the molecule is CCCCC1CCC(C(=O)Nc2ccnn2C(C)C)CC1. The molecule has 0 spiro atoms. The first kappa shape index (κ1) is 16.1. The van der Waals surface area contributed by atoms with Gasteiger partial charge in [-0.15, -0.1) is 0 Å². The number of hydrogen-bond acceptors (Lipinski definition) is 2. The molecule has 0 atom stereocenters. The first-order chi connectivity index (χ1) is 10.1. The molecule has 1 aliphatic rings. The molecule has 1 aromatic rings. The van der Waals surface area contributed by atoms with Crippen molar-refractivity contribution in [3.63, 3.8) is 0 Å². The Morgan fingerprint density at radius 1 is 1.38 bits per heavy atom. The van der Waals surface area contributed by atoms with Crippen LogP contribution in [0.15, 0.2) is 12.3 Å². The summed E-state index contributed by atoms with van der Waals surface area (Å²) in [5.74, 6) is 2.02. The molecule has 1 fully saturated rings. The summed E-state index contributed by atoms with van der Waals surface area (Å²) in [6, 6.07) is 2.14. The molecule has 0 radical (unpaired) electrons. The van der Waals surface area contributed by atoms with E-state index >= 15 is 0 Å². The minimum Gasteiger partial charge on any atom is -0.311 e. The van der Waals surface area contributed by atoms with Crippen LogP contribution in [0.2, 0.25) is 0 Å². The molecule has 1 aliphatic carbocycles. The molecule has 4 heteroatoms. The minimum atomic E-state index is 0.173. The number of nitrogens with one attached hydrogen (secondary N) is 1. The van der Waals surface area contributed by atoms with E-state index in [0.29, 0.717) is 0 Å². The number of amides is 1. The molecule has 0 aliphatic heterocycles. The van der Waals surface area contributed by atoms with Gasteiger partial charge in [-0.05, 0) is 45.4 Å². The molecular weight excluding hydrogens is 262 g/mol. The summed E-state index contributed by atoms with van der Waals surface area (Å²) in [5, 5.41) is 7.32. The number of nitrogens with zero attached hydrogens (tertiary/aromatic N) is 2. The molecule has 1 aromatic heterocycles. The molecule has 1 N–H and O–H groups in total. The quantitative estimate of drug-likeness (QED) is 0.844. The highest BCUT2D eigenvalue weighted by Crippen LogP contribution is 2.32. The molecule has 2 rings (SSSR count). The summed E-state index contributed by atoms with van der Waals surface area (Å²) in [5.41, 5.74) is 0. The lowest BCUT2D eigenvalue weighted by Gasteiger charge is -2.27. The maximum atomic E-state index is 12.4. The van der Waals surface area contributed by atoms with Crippen LogP contribution < -0.4 is 5.32 Å². The van der Waals surface area contributed by atoms with Gasteiger partial charge in [0.05, 0.1) is 6.20 Å². The Morgan fingerprint density at radius 2 is 2.10 bits per heavy atom. The van der Waals surface area contributed by atoms with E-state index < -0.39 is 0 Å². The minimum absolute atomic E-state index is 0.173. The summed E-state index contributed by atoms with van der Waals surface area (Å²) >= 11 is 0. The smallest absolute Gasteiger partial charge is 0.228 e. The number of carbonyl (C=O) groups excluding carboxylic acids is 1. The van der Waals surface area contributed by atoms with E-state index in [1.807, 2.05) is 10.7 Å². The van der Waals surface area contributed by atoms with Gasteiger partial charge in [0.2, 0.25) is 5.91 Å². The Morgan fingerprint density at radius 3 is 2.71 bits per heavy atom. The van der Waals surface area contributed by atoms with Gasteiger partial charge in [0.15, 0.2) is 0 Å². The predicted octanol–water partition coefficient (Wildman–Crippen LogP) is 4.40. The van der Waals surface area contributed by atoms with Crippen molar-refractivity contribution < 1.29 is 4.79 Å². The number of rotatable bonds is 6. The van der Waals surface area contributed by atoms with E-state index in [1.54, 1.807) is 6.20 Å². The van der Waals surface area contributed by atoms with E-state index in [1.165, 1.54) is 32.1 Å². The largest absolute Gasteiger partial charge is 0.311 e. The Hall–Kier alpha value is -1.32. The van der Waals surface area contributed by atoms with Crippen LogP contribution in [0.5, 0.6) is 0 Å². The van der Waals surface area contributed by atoms with Crippen LogP contribution in [0.4, 0.5) is 5.82 Å². The molecule has 0 saturated heterocycles. The van der Waals surface area contributed by atoms with Crippen LogP contribution in [0.3, 0.4) is 0 Å². The summed E-state index contributed by atoms with van der Waals surface area (Å²) in [4.78, 5) is 12.4. The van der Waals surface area contributed by atoms with Gasteiger partial charge in [0.1, 0.15) is 5.82 Å². The Balaban J connectivity index is 1.83. The van der Waals surface area contributed by atoms with Crippen molar-refractivity contribution in [2.75, 3.05) is 5.32 Å². The fourth-order valence-corrected chi connectivity index (χ4v) is 3.26. The second kappa shape index (κ2) is 7.62. The van der Waals surface area contributed by atoms with Crippen LogP contribution in [-0.4, -0.2) is 15.7 Å². The lowest BCUT2D eigenvalue weighted by molar-refractivity contribution is -0.121. The molecular formula is C17H29N3O. The zero-order chi connectivity index (χ0) is 15.2. The first-order valence-electron chi connectivity index (χ1n) is 8.46. The van der Waals surface area contributed by atoms with Gasteiger partial charge in [-0.2, -0.15) is 5.10 Å². The Labute approximate surface area is 128 Å². The van der Waals surface area contributed by atoms with Crippen molar-refractivity contribution in [2.45, 2.75) is 71.8 Å². The third kappa shape index (κ3) is 4.32. The number of anilines is 1. The lowest BCUT2D eigenvalue weighted by Crippen LogP contribution is -2.28. The third-order valence-electron chi connectivity index (χ3n) is 4.59. The number of carbonyl (C=O) groups is 1. The van der Waals surface area contributed by atoms with E-state index in [-0.39, 0.29) is 17.9 Å². The van der Waals surface area contributed by atoms with Gasteiger partial charge in [-0.3, -0.25) is 4.79 Å². The molecule has 0 aromatic carbocycles. The number of hydrogen-bond donors (Lipinski definition) is 1. The zero-order valence-corrected chi connectivity index (χ0v) is 13.6. The first-order valence-corrected chi connectivity index (χ1v) is 8.46. The highest BCUT2D eigenvalue weighted by atomic mass is 16.2. The van der Waals surface area contributed by atoms with Crippen molar-refractivity contribution >= 4 is 11.7 Å². The molecule has 118 valence electrons. The highest BCUT2D eigenvalue weighted by molar-refractivity contribution is 5.91. The van der Waals surface area contributed by atoms with E-state index in [0.717, 1.165) is 24.6 Å². The van der Waals surface area contributed by atoms with Crippen molar-refractivity contribution in [2.24, 2.45) is 11.8 Å². The fraction of sp³-hybridized carbons (Fsp3) is 0.765. The van der Waals surface area contributed by atoms with Crippen LogP contribution in [0.25, 0.3) is 0 Å². The van der Waals surface area contributed by atoms with Crippen molar-refractivity contribution in [3.8, 4) is 0 Å². The monoisotopic (exact) mass is 291 g/mol. The third-order valence-corrected chi connectivity index (χ3v) is 4.59. The molecule has 21 heavy (non-hydrogen) atoms. The average molecular weight is 291 g/mol. The van der Waals surface area contributed by atoms with Gasteiger partial charge < -0.3 is 5.32 Å². The summed E-state index contributed by atoms with van der Waals surface area (Å²) in [7, 11) is 0.